The summed E-state index contributed by atoms with van der Waals surface area (Å²) in [5.41, 5.74) is 1.91. The minimum absolute atomic E-state index is 0.0149. The molecular weight excluding hydrogens is 485 g/mol. The van der Waals surface area contributed by atoms with Crippen LogP contribution in [0.2, 0.25) is 10.0 Å². The van der Waals surface area contributed by atoms with E-state index in [4.69, 9.17) is 23.2 Å². The molecule has 0 bridgehead atoms. The average molecular weight is 514 g/mol. The number of halogens is 2. The Hall–Kier alpha value is -2.29. The molecule has 0 aliphatic rings. The van der Waals surface area contributed by atoms with E-state index in [0.29, 0.717) is 27.8 Å². The zero-order valence-corrected chi connectivity index (χ0v) is 21.5. The summed E-state index contributed by atoms with van der Waals surface area (Å²) in [6.07, 6.45) is 1.78. The number of aryl methyl sites for hydroxylation is 1. The number of nitrogens with one attached hydrogen (secondary N) is 1. The van der Waals surface area contributed by atoms with Gasteiger partial charge in [0, 0.05) is 23.1 Å². The number of hydrogen-bond donors (Lipinski definition) is 1. The van der Waals surface area contributed by atoms with Crippen molar-refractivity contribution in [3.63, 3.8) is 0 Å². The van der Waals surface area contributed by atoms with Gasteiger partial charge in [0.1, 0.15) is 12.6 Å². The first-order chi connectivity index (χ1) is 15.4. The van der Waals surface area contributed by atoms with Crippen LogP contribution in [0.5, 0.6) is 0 Å². The van der Waals surface area contributed by atoms with E-state index in [2.05, 4.69) is 5.32 Å². The molecule has 33 heavy (non-hydrogen) atoms. The zero-order valence-electron chi connectivity index (χ0n) is 19.1. The quantitative estimate of drug-likeness (QED) is 0.519. The highest BCUT2D eigenvalue weighted by molar-refractivity contribution is 7.92. The lowest BCUT2D eigenvalue weighted by Crippen LogP contribution is -2.51. The van der Waals surface area contributed by atoms with Crippen molar-refractivity contribution in [1.29, 1.82) is 0 Å². The topological polar surface area (TPSA) is 86.8 Å². The van der Waals surface area contributed by atoms with E-state index < -0.39 is 28.5 Å². The second-order valence-corrected chi connectivity index (χ2v) is 10.6. The highest BCUT2D eigenvalue weighted by atomic mass is 35.5. The summed E-state index contributed by atoms with van der Waals surface area (Å²) in [5.74, 6) is -0.873. The van der Waals surface area contributed by atoms with Crippen LogP contribution in [-0.2, 0) is 26.2 Å². The van der Waals surface area contributed by atoms with Crippen LogP contribution in [0.3, 0.4) is 0 Å². The molecule has 0 spiro atoms. The van der Waals surface area contributed by atoms with Crippen molar-refractivity contribution in [2.24, 2.45) is 0 Å². The summed E-state index contributed by atoms with van der Waals surface area (Å²) in [4.78, 5) is 27.4. The lowest BCUT2D eigenvalue weighted by molar-refractivity contribution is -0.139. The Morgan fingerprint density at radius 3 is 2.27 bits per heavy atom. The third-order valence-electron chi connectivity index (χ3n) is 5.07. The van der Waals surface area contributed by atoms with Crippen LogP contribution in [0.1, 0.15) is 31.4 Å². The zero-order chi connectivity index (χ0) is 24.8. The van der Waals surface area contributed by atoms with Gasteiger partial charge in [-0.05, 0) is 50.1 Å². The Bertz CT molecular complexity index is 1090. The number of benzene rings is 2. The van der Waals surface area contributed by atoms with Gasteiger partial charge in [-0.1, -0.05) is 53.9 Å². The highest BCUT2D eigenvalue weighted by Gasteiger charge is 2.30. The van der Waals surface area contributed by atoms with E-state index >= 15 is 0 Å². The van der Waals surface area contributed by atoms with E-state index in [9.17, 15) is 18.0 Å². The average Bonchev–Trinajstić information content (AvgIpc) is 2.74. The molecule has 0 aliphatic heterocycles. The lowest BCUT2D eigenvalue weighted by Gasteiger charge is -2.31. The molecule has 0 heterocycles. The van der Waals surface area contributed by atoms with Crippen molar-refractivity contribution in [3.05, 3.63) is 63.6 Å². The molecule has 0 aliphatic carbocycles. The fourth-order valence-electron chi connectivity index (χ4n) is 3.14. The van der Waals surface area contributed by atoms with Gasteiger partial charge < -0.3 is 10.2 Å². The molecular formula is C23H29Cl2N3O4S. The van der Waals surface area contributed by atoms with Gasteiger partial charge in [0.25, 0.3) is 0 Å². The summed E-state index contributed by atoms with van der Waals surface area (Å²) in [6.45, 7) is 5.43. The van der Waals surface area contributed by atoms with Crippen molar-refractivity contribution >= 4 is 50.7 Å². The van der Waals surface area contributed by atoms with Crippen LogP contribution < -0.4 is 9.62 Å². The van der Waals surface area contributed by atoms with Crippen molar-refractivity contribution in [2.45, 2.75) is 39.8 Å². The van der Waals surface area contributed by atoms with E-state index in [0.717, 1.165) is 22.5 Å². The Kier molecular flexibility index (Phi) is 9.57. The van der Waals surface area contributed by atoms with Gasteiger partial charge in [-0.15, -0.1) is 0 Å². The van der Waals surface area contributed by atoms with Crippen LogP contribution in [0, 0.1) is 6.92 Å². The molecule has 0 aromatic heterocycles. The van der Waals surface area contributed by atoms with Crippen LogP contribution in [0.15, 0.2) is 42.5 Å². The van der Waals surface area contributed by atoms with Crippen molar-refractivity contribution in [2.75, 3.05) is 23.7 Å². The molecule has 7 nitrogen and oxygen atoms in total. The normalized spacial score (nSPS) is 12.2. The van der Waals surface area contributed by atoms with Crippen LogP contribution in [-0.4, -0.2) is 50.5 Å². The molecule has 180 valence electrons. The molecule has 2 aromatic carbocycles. The van der Waals surface area contributed by atoms with Crippen molar-refractivity contribution in [1.82, 2.24) is 10.2 Å². The van der Waals surface area contributed by atoms with Gasteiger partial charge in [-0.2, -0.15) is 0 Å². The smallest absolute Gasteiger partial charge is 0.244 e. The molecule has 2 aromatic rings. The van der Waals surface area contributed by atoms with Crippen molar-refractivity contribution < 1.29 is 18.0 Å². The number of hydrogen-bond acceptors (Lipinski definition) is 4. The number of amides is 2. The minimum Gasteiger partial charge on any atom is -0.354 e. The maximum absolute atomic E-state index is 13.4. The highest BCUT2D eigenvalue weighted by Crippen LogP contribution is 2.24. The lowest BCUT2D eigenvalue weighted by atomic mass is 10.1. The van der Waals surface area contributed by atoms with E-state index in [1.807, 2.05) is 13.8 Å². The first kappa shape index (κ1) is 27.0. The summed E-state index contributed by atoms with van der Waals surface area (Å²) >= 11 is 12.3. The molecule has 10 heteroatoms. The molecule has 1 N–H and O–H groups in total. The van der Waals surface area contributed by atoms with Crippen LogP contribution in [0.25, 0.3) is 0 Å². The summed E-state index contributed by atoms with van der Waals surface area (Å²) < 4.78 is 26.0. The van der Waals surface area contributed by atoms with E-state index in [1.165, 1.54) is 4.90 Å². The number of carbonyl (C=O) groups is 2. The second-order valence-electron chi connectivity index (χ2n) is 7.83. The number of nitrogens with zero attached hydrogens (tertiary/aromatic N) is 2. The SMILES string of the molecule is CCCNC(=O)[C@H](C)N(Cc1ccc(Cl)cc1Cl)C(=O)CN(c1ccc(C)cc1)S(C)(=O)=O. The van der Waals surface area contributed by atoms with Crippen LogP contribution >= 0.6 is 23.2 Å². The number of carbonyl (C=O) groups excluding carboxylic acids is 2. The van der Waals surface area contributed by atoms with Crippen LogP contribution in [0.4, 0.5) is 5.69 Å². The monoisotopic (exact) mass is 513 g/mol. The van der Waals surface area contributed by atoms with Crippen molar-refractivity contribution in [3.8, 4) is 0 Å². The molecule has 1 atom stereocenters. The molecule has 0 saturated carbocycles. The first-order valence-electron chi connectivity index (χ1n) is 10.5. The number of anilines is 1. The summed E-state index contributed by atoms with van der Waals surface area (Å²) in [6, 6.07) is 10.8. The third-order valence-corrected chi connectivity index (χ3v) is 6.80. The van der Waals surface area contributed by atoms with Gasteiger partial charge in [0.2, 0.25) is 21.8 Å². The summed E-state index contributed by atoms with van der Waals surface area (Å²) in [5, 5.41) is 3.57. The standard InChI is InChI=1S/C23H29Cl2N3O4S/c1-5-12-26-23(30)17(3)27(14-18-8-9-19(24)13-21(18)25)22(29)15-28(33(4,31)32)20-10-6-16(2)7-11-20/h6-11,13,17H,5,12,14-15H2,1-4H3,(H,26,30)/t17-/m0/s1. The molecule has 0 saturated heterocycles. The Morgan fingerprint density at radius 1 is 1.09 bits per heavy atom. The predicted molar refractivity (Wildman–Crippen MR) is 133 cm³/mol. The molecule has 2 amide bonds. The maximum atomic E-state index is 13.4. The fourth-order valence-corrected chi connectivity index (χ4v) is 4.45. The van der Waals surface area contributed by atoms with Gasteiger partial charge in [0.15, 0.2) is 0 Å². The third kappa shape index (κ3) is 7.62. The van der Waals surface area contributed by atoms with Gasteiger partial charge >= 0.3 is 0 Å². The molecule has 0 radical (unpaired) electrons. The fraction of sp³-hybridized carbons (Fsp3) is 0.391. The number of sulfonamides is 1. The van der Waals surface area contributed by atoms with Gasteiger partial charge in [-0.3, -0.25) is 13.9 Å². The minimum atomic E-state index is -3.76. The second kappa shape index (κ2) is 11.7. The van der Waals surface area contributed by atoms with E-state index in [1.54, 1.807) is 49.4 Å². The van der Waals surface area contributed by atoms with E-state index in [-0.39, 0.29) is 12.5 Å². The van der Waals surface area contributed by atoms with Gasteiger partial charge in [0.05, 0.1) is 11.9 Å². The Balaban J connectivity index is 2.39. The Labute approximate surface area is 205 Å². The largest absolute Gasteiger partial charge is 0.354 e. The predicted octanol–water partition coefficient (Wildman–Crippen LogP) is 4.01. The first-order valence-corrected chi connectivity index (χ1v) is 13.1. The van der Waals surface area contributed by atoms with Gasteiger partial charge in [-0.25, -0.2) is 8.42 Å². The molecule has 0 fully saturated rings. The molecule has 2 rings (SSSR count). The summed E-state index contributed by atoms with van der Waals surface area (Å²) in [7, 11) is -3.76. The molecule has 0 unspecified atom stereocenters. The maximum Gasteiger partial charge on any atom is 0.244 e. The Morgan fingerprint density at radius 2 is 1.73 bits per heavy atom. The number of rotatable bonds is 10.